The summed E-state index contributed by atoms with van der Waals surface area (Å²) in [5, 5.41) is 3.15. The van der Waals surface area contributed by atoms with Gasteiger partial charge in [0.25, 0.3) is 5.91 Å². The van der Waals surface area contributed by atoms with Gasteiger partial charge >= 0.3 is 0 Å². The molecule has 2 heterocycles. The van der Waals surface area contributed by atoms with E-state index >= 15 is 0 Å². The molecule has 1 aromatic rings. The quantitative estimate of drug-likeness (QED) is 0.779. The third-order valence-corrected chi connectivity index (χ3v) is 3.57. The zero-order chi connectivity index (χ0) is 10.9. The lowest BCUT2D eigenvalue weighted by molar-refractivity contribution is -0.113. The summed E-state index contributed by atoms with van der Waals surface area (Å²) in [6.45, 7) is 2.00. The van der Waals surface area contributed by atoms with E-state index in [0.29, 0.717) is 4.91 Å². The molecule has 1 amide bonds. The third kappa shape index (κ3) is 1.83. The van der Waals surface area contributed by atoms with E-state index < -0.39 is 5.91 Å². The van der Waals surface area contributed by atoms with Gasteiger partial charge in [-0.3, -0.25) is 9.78 Å². The van der Waals surface area contributed by atoms with Gasteiger partial charge in [-0.2, -0.15) is 0 Å². The molecule has 2 rings (SSSR count). The van der Waals surface area contributed by atoms with Crippen LogP contribution in [-0.2, 0) is 9.67 Å². The van der Waals surface area contributed by atoms with E-state index in [9.17, 15) is 4.79 Å². The van der Waals surface area contributed by atoms with E-state index in [2.05, 4.69) is 10.3 Å². The zero-order valence-corrected chi connectivity index (χ0v) is 9.04. The van der Waals surface area contributed by atoms with Gasteiger partial charge < -0.3 is 11.1 Å². The Labute approximate surface area is 92.0 Å². The summed E-state index contributed by atoms with van der Waals surface area (Å²) < 4.78 is 0. The summed E-state index contributed by atoms with van der Waals surface area (Å²) in [6.07, 6.45) is 5.11. The predicted molar refractivity (Wildman–Crippen MR) is 59.6 cm³/mol. The second kappa shape index (κ2) is 3.58. The van der Waals surface area contributed by atoms with Crippen LogP contribution in [-0.4, -0.2) is 10.9 Å². The Bertz CT molecular complexity index is 418. The Morgan fingerprint density at radius 1 is 1.53 bits per heavy atom. The predicted octanol–water partition coefficient (Wildman–Crippen LogP) is 0.917. The van der Waals surface area contributed by atoms with Crippen molar-refractivity contribution in [2.45, 2.75) is 11.8 Å². The summed E-state index contributed by atoms with van der Waals surface area (Å²) in [6, 6.07) is 3.83. The summed E-state index contributed by atoms with van der Waals surface area (Å²) in [7, 11) is 0. The van der Waals surface area contributed by atoms with Crippen molar-refractivity contribution in [2.24, 2.45) is 5.73 Å². The van der Waals surface area contributed by atoms with Gasteiger partial charge in [-0.1, -0.05) is 11.8 Å². The molecule has 0 fully saturated rings. The van der Waals surface area contributed by atoms with Crippen LogP contribution in [0.3, 0.4) is 0 Å². The van der Waals surface area contributed by atoms with Gasteiger partial charge in [-0.25, -0.2) is 0 Å². The molecule has 3 N–H and O–H groups in total. The van der Waals surface area contributed by atoms with E-state index in [1.54, 1.807) is 18.6 Å². The van der Waals surface area contributed by atoms with Gasteiger partial charge in [0.1, 0.15) is 4.87 Å². The first-order valence-electron chi connectivity index (χ1n) is 4.49. The number of nitrogens with one attached hydrogen (secondary N) is 1. The van der Waals surface area contributed by atoms with Gasteiger partial charge in [-0.15, -0.1) is 0 Å². The number of nitrogens with two attached hydrogens (primary N) is 1. The number of thioether (sulfide) groups is 1. The molecule has 0 bridgehead atoms. The molecule has 1 aromatic heterocycles. The van der Waals surface area contributed by atoms with Crippen LogP contribution in [0.15, 0.2) is 35.6 Å². The summed E-state index contributed by atoms with van der Waals surface area (Å²) in [4.78, 5) is 15.2. The minimum atomic E-state index is -0.398. The van der Waals surface area contributed by atoms with Crippen molar-refractivity contribution in [3.8, 4) is 0 Å². The van der Waals surface area contributed by atoms with Gasteiger partial charge in [0.15, 0.2) is 0 Å². The third-order valence-electron chi connectivity index (χ3n) is 2.27. The normalized spacial score (nSPS) is 24.5. The number of hydrogen-bond donors (Lipinski definition) is 2. The Hall–Kier alpha value is -1.49. The number of aromatic nitrogens is 1. The van der Waals surface area contributed by atoms with Gasteiger partial charge in [0.05, 0.1) is 4.91 Å². The average Bonchev–Trinajstić information content (AvgIpc) is 2.64. The number of amides is 1. The maximum atomic E-state index is 11.0. The first-order chi connectivity index (χ1) is 7.12. The zero-order valence-electron chi connectivity index (χ0n) is 8.23. The Morgan fingerprint density at radius 3 is 2.73 bits per heavy atom. The van der Waals surface area contributed by atoms with Crippen LogP contribution in [0.1, 0.15) is 12.5 Å². The number of carbonyl (C=O) groups excluding carboxylic acids is 1. The molecule has 0 saturated carbocycles. The molecule has 78 valence electrons. The van der Waals surface area contributed by atoms with Crippen molar-refractivity contribution in [3.63, 3.8) is 0 Å². The Morgan fingerprint density at radius 2 is 2.20 bits per heavy atom. The van der Waals surface area contributed by atoms with E-state index in [-0.39, 0.29) is 4.87 Å². The molecule has 0 aromatic carbocycles. The van der Waals surface area contributed by atoms with Crippen LogP contribution < -0.4 is 11.1 Å². The molecule has 5 heteroatoms. The number of hydrogen-bond acceptors (Lipinski definition) is 4. The molecule has 1 aliphatic heterocycles. The average molecular weight is 221 g/mol. The minimum absolute atomic E-state index is 0.326. The lowest BCUT2D eigenvalue weighted by atomic mass is 10.1. The second-order valence-electron chi connectivity index (χ2n) is 3.39. The van der Waals surface area contributed by atoms with Gasteiger partial charge in [-0.05, 0) is 24.6 Å². The van der Waals surface area contributed by atoms with E-state index in [4.69, 9.17) is 5.73 Å². The molecule has 0 radical (unpaired) electrons. The highest BCUT2D eigenvalue weighted by Gasteiger charge is 2.33. The lowest BCUT2D eigenvalue weighted by Gasteiger charge is -2.24. The highest BCUT2D eigenvalue weighted by molar-refractivity contribution is 8.05. The smallest absolute Gasteiger partial charge is 0.256 e. The van der Waals surface area contributed by atoms with Crippen molar-refractivity contribution in [2.75, 3.05) is 0 Å². The van der Waals surface area contributed by atoms with Crippen LogP contribution >= 0.6 is 11.8 Å². The molecule has 0 aliphatic carbocycles. The molecule has 0 spiro atoms. The van der Waals surface area contributed by atoms with Crippen LogP contribution in [0.25, 0.3) is 0 Å². The summed E-state index contributed by atoms with van der Waals surface area (Å²) >= 11 is 1.42. The second-order valence-corrected chi connectivity index (χ2v) is 4.85. The minimum Gasteiger partial charge on any atom is -0.372 e. The standard InChI is InChI=1S/C10H11N3OS/c1-10(7-2-4-12-5-3-7)13-6-8(15-10)9(11)14/h2-6,13H,1H3,(H2,11,14). The molecular weight excluding hydrogens is 210 g/mol. The van der Waals surface area contributed by atoms with Gasteiger partial charge in [0, 0.05) is 18.6 Å². The monoisotopic (exact) mass is 221 g/mol. The number of nitrogens with zero attached hydrogens (tertiary/aromatic N) is 1. The topological polar surface area (TPSA) is 68.0 Å². The van der Waals surface area contributed by atoms with Crippen molar-refractivity contribution in [3.05, 3.63) is 41.2 Å². The first kappa shape index (κ1) is 10.0. The molecule has 0 saturated heterocycles. The fourth-order valence-electron chi connectivity index (χ4n) is 1.42. The molecule has 1 unspecified atom stereocenters. The summed E-state index contributed by atoms with van der Waals surface area (Å²) in [5.74, 6) is -0.398. The van der Waals surface area contributed by atoms with Gasteiger partial charge in [0.2, 0.25) is 0 Å². The van der Waals surface area contributed by atoms with Crippen LogP contribution in [0.4, 0.5) is 0 Å². The summed E-state index contributed by atoms with van der Waals surface area (Å²) in [5.41, 5.74) is 6.28. The molecule has 1 atom stereocenters. The Kier molecular flexibility index (Phi) is 2.40. The highest BCUT2D eigenvalue weighted by Crippen LogP contribution is 2.42. The van der Waals surface area contributed by atoms with Crippen LogP contribution in [0.5, 0.6) is 0 Å². The molecule has 1 aliphatic rings. The van der Waals surface area contributed by atoms with E-state index in [0.717, 1.165) is 5.56 Å². The molecule has 4 nitrogen and oxygen atoms in total. The SMILES string of the molecule is CC1(c2ccncc2)NC=C(C(N)=O)S1. The molecule has 15 heavy (non-hydrogen) atoms. The largest absolute Gasteiger partial charge is 0.372 e. The number of primary amides is 1. The number of rotatable bonds is 2. The van der Waals surface area contributed by atoms with Crippen LogP contribution in [0.2, 0.25) is 0 Å². The highest BCUT2D eigenvalue weighted by atomic mass is 32.2. The fraction of sp³-hybridized carbons (Fsp3) is 0.200. The molecular formula is C10H11N3OS. The maximum Gasteiger partial charge on any atom is 0.256 e. The van der Waals surface area contributed by atoms with E-state index in [1.165, 1.54) is 11.8 Å². The van der Waals surface area contributed by atoms with Crippen molar-refractivity contribution < 1.29 is 4.79 Å². The van der Waals surface area contributed by atoms with Crippen molar-refractivity contribution >= 4 is 17.7 Å². The van der Waals surface area contributed by atoms with E-state index in [1.807, 2.05) is 19.1 Å². The van der Waals surface area contributed by atoms with Crippen LogP contribution in [0, 0.1) is 0 Å². The van der Waals surface area contributed by atoms with Crippen molar-refractivity contribution in [1.82, 2.24) is 10.3 Å². The maximum absolute atomic E-state index is 11.0. The first-order valence-corrected chi connectivity index (χ1v) is 5.31. The Balaban J connectivity index is 2.23. The fourth-order valence-corrected chi connectivity index (χ4v) is 2.45. The van der Waals surface area contributed by atoms with Crippen molar-refractivity contribution in [1.29, 1.82) is 0 Å². The lowest BCUT2D eigenvalue weighted by Crippen LogP contribution is -2.28. The number of pyridine rings is 1. The number of carbonyl (C=O) groups is 1.